The van der Waals surface area contributed by atoms with Gasteiger partial charge in [0, 0.05) is 35.1 Å². The number of carboxylic acid groups (broad SMARTS) is 2. The molecule has 0 radical (unpaired) electrons. The van der Waals surface area contributed by atoms with Crippen LogP contribution in [-0.4, -0.2) is 11.9 Å². The smallest absolute Gasteiger partial charge is 0.0489 e. The molecule has 4 heteroatoms. The Hall–Kier alpha value is -2.88. The van der Waals surface area contributed by atoms with Crippen molar-refractivity contribution in [2.75, 3.05) is 0 Å². The lowest BCUT2D eigenvalue weighted by molar-refractivity contribution is -0.336. The molecule has 4 atom stereocenters. The highest BCUT2D eigenvalue weighted by atomic mass is 16.4. The zero-order chi connectivity index (χ0) is 18.0. The van der Waals surface area contributed by atoms with Crippen molar-refractivity contribution in [3.8, 4) is 0 Å². The largest absolute Gasteiger partial charge is 0.550 e. The predicted molar refractivity (Wildman–Crippen MR) is 89.1 cm³/mol. The Morgan fingerprint density at radius 1 is 0.840 bits per heavy atom. The fourth-order valence-electron chi connectivity index (χ4n) is 3.85. The van der Waals surface area contributed by atoms with E-state index < -0.39 is 35.1 Å². The minimum atomic E-state index is -1.63. The van der Waals surface area contributed by atoms with Crippen LogP contribution in [0.25, 0.3) is 0 Å². The molecule has 0 saturated carbocycles. The number of carboxylic acids is 2. The van der Waals surface area contributed by atoms with Gasteiger partial charge in [0.1, 0.15) is 0 Å². The van der Waals surface area contributed by atoms with E-state index in [1.807, 2.05) is 12.1 Å². The second-order valence-corrected chi connectivity index (χ2v) is 6.58. The van der Waals surface area contributed by atoms with Crippen molar-refractivity contribution in [3.63, 3.8) is 0 Å². The summed E-state index contributed by atoms with van der Waals surface area (Å²) in [5.41, 5.74) is -0.148. The summed E-state index contributed by atoms with van der Waals surface area (Å²) in [6.45, 7) is 1.44. The Morgan fingerprint density at radius 2 is 1.36 bits per heavy atom. The molecule has 0 aliphatic heterocycles. The Balaban J connectivity index is 2.18. The number of benzene rings is 2. The maximum absolute atomic E-state index is 12.1. The molecule has 0 unspecified atom stereocenters. The molecular formula is C21H18O4-2. The molecule has 3 rings (SSSR count). The van der Waals surface area contributed by atoms with E-state index in [9.17, 15) is 19.8 Å². The minimum absolute atomic E-state index is 0.589. The van der Waals surface area contributed by atoms with Crippen LogP contribution in [0.1, 0.15) is 29.9 Å². The number of rotatable bonds is 4. The fourth-order valence-corrected chi connectivity index (χ4v) is 3.85. The van der Waals surface area contributed by atoms with E-state index in [-0.39, 0.29) is 0 Å². The molecule has 1 aliphatic carbocycles. The summed E-state index contributed by atoms with van der Waals surface area (Å²) in [5, 5.41) is 24.1. The van der Waals surface area contributed by atoms with Crippen molar-refractivity contribution < 1.29 is 19.8 Å². The lowest BCUT2D eigenvalue weighted by Gasteiger charge is -2.49. The van der Waals surface area contributed by atoms with Gasteiger partial charge in [-0.05, 0) is 11.1 Å². The van der Waals surface area contributed by atoms with Gasteiger partial charge in [-0.2, -0.15) is 0 Å². The Labute approximate surface area is 146 Å². The van der Waals surface area contributed by atoms with Gasteiger partial charge in [-0.15, -0.1) is 0 Å². The van der Waals surface area contributed by atoms with Gasteiger partial charge in [0.15, 0.2) is 0 Å². The molecule has 2 aromatic rings. The highest BCUT2D eigenvalue weighted by Crippen LogP contribution is 2.52. The lowest BCUT2D eigenvalue weighted by atomic mass is 9.57. The topological polar surface area (TPSA) is 80.3 Å². The Kier molecular flexibility index (Phi) is 4.45. The molecule has 0 spiro atoms. The molecule has 0 fully saturated rings. The quantitative estimate of drug-likeness (QED) is 0.788. The summed E-state index contributed by atoms with van der Waals surface area (Å²) in [7, 11) is 0. The van der Waals surface area contributed by atoms with Gasteiger partial charge in [0.05, 0.1) is 0 Å². The van der Waals surface area contributed by atoms with Crippen LogP contribution < -0.4 is 10.2 Å². The molecule has 0 N–H and O–H groups in total. The maximum atomic E-state index is 12.1. The molecule has 128 valence electrons. The Bertz CT molecular complexity index is 797. The summed E-state index contributed by atoms with van der Waals surface area (Å²) in [6, 6.07) is 18.0. The molecule has 0 amide bonds. The fraction of sp³-hybridized carbons (Fsp3) is 0.238. The van der Waals surface area contributed by atoms with Gasteiger partial charge in [0.2, 0.25) is 0 Å². The number of hydrogen-bond donors (Lipinski definition) is 0. The van der Waals surface area contributed by atoms with Crippen LogP contribution in [-0.2, 0) is 9.59 Å². The van der Waals surface area contributed by atoms with E-state index >= 15 is 0 Å². The van der Waals surface area contributed by atoms with Gasteiger partial charge in [-0.1, -0.05) is 79.7 Å². The molecule has 2 aromatic carbocycles. The first kappa shape index (κ1) is 17.0. The molecule has 0 heterocycles. The summed E-state index contributed by atoms with van der Waals surface area (Å²) in [4.78, 5) is 24.1. The van der Waals surface area contributed by atoms with Crippen LogP contribution in [0.4, 0.5) is 0 Å². The third-order valence-electron chi connectivity index (χ3n) is 5.20. The third-order valence-corrected chi connectivity index (χ3v) is 5.20. The average molecular weight is 334 g/mol. The van der Waals surface area contributed by atoms with Crippen LogP contribution in [0.15, 0.2) is 72.8 Å². The Morgan fingerprint density at radius 3 is 1.84 bits per heavy atom. The number of carbonyl (C=O) groups is 2. The van der Waals surface area contributed by atoms with E-state index in [1.165, 1.54) is 6.92 Å². The van der Waals surface area contributed by atoms with E-state index in [4.69, 9.17) is 0 Å². The molecule has 0 aromatic heterocycles. The standard InChI is InChI=1S/C21H20O4/c1-21(20(24)25)17(15-10-6-3-7-11-15)13-12-16(18(21)19(22)23)14-8-4-2-5-9-14/h2-13,16-18H,1H3,(H,22,23)(H,24,25)/p-2/t16-,17+,18-,21-/m1/s1. The minimum Gasteiger partial charge on any atom is -0.550 e. The van der Waals surface area contributed by atoms with Crippen molar-refractivity contribution in [3.05, 3.63) is 83.9 Å². The van der Waals surface area contributed by atoms with Crippen molar-refractivity contribution in [1.82, 2.24) is 0 Å². The zero-order valence-electron chi connectivity index (χ0n) is 13.8. The number of allylic oxidation sites excluding steroid dienone is 2. The van der Waals surface area contributed by atoms with Crippen molar-refractivity contribution in [1.29, 1.82) is 0 Å². The summed E-state index contributed by atoms with van der Waals surface area (Å²) in [5.74, 6) is -5.21. The molecule has 0 bridgehead atoms. The number of carbonyl (C=O) groups excluding carboxylic acids is 2. The first-order chi connectivity index (χ1) is 12.0. The monoisotopic (exact) mass is 334 g/mol. The van der Waals surface area contributed by atoms with Gasteiger partial charge in [-0.3, -0.25) is 0 Å². The van der Waals surface area contributed by atoms with Crippen LogP contribution >= 0.6 is 0 Å². The SMILES string of the molecule is C[C@@]1(C(=O)[O-])[C@H](c2ccccc2)C=C[C@H](c2ccccc2)[C@@H]1C(=O)[O-]. The molecule has 1 aliphatic rings. The van der Waals surface area contributed by atoms with Gasteiger partial charge in [0.25, 0.3) is 0 Å². The number of hydrogen-bond acceptors (Lipinski definition) is 4. The van der Waals surface area contributed by atoms with Crippen LogP contribution in [0.2, 0.25) is 0 Å². The van der Waals surface area contributed by atoms with E-state index in [0.717, 1.165) is 11.1 Å². The van der Waals surface area contributed by atoms with Crippen LogP contribution in [0.5, 0.6) is 0 Å². The van der Waals surface area contributed by atoms with Gasteiger partial charge >= 0.3 is 0 Å². The summed E-state index contributed by atoms with van der Waals surface area (Å²) >= 11 is 0. The van der Waals surface area contributed by atoms with Gasteiger partial charge in [-0.25, -0.2) is 0 Å². The average Bonchev–Trinajstić information content (AvgIpc) is 2.62. The van der Waals surface area contributed by atoms with Crippen molar-refractivity contribution in [2.45, 2.75) is 18.8 Å². The number of aliphatic carboxylic acids is 2. The first-order valence-electron chi connectivity index (χ1n) is 8.16. The van der Waals surface area contributed by atoms with E-state index in [0.29, 0.717) is 0 Å². The zero-order valence-corrected chi connectivity index (χ0v) is 13.8. The van der Waals surface area contributed by atoms with Gasteiger partial charge < -0.3 is 19.8 Å². The first-order valence-corrected chi connectivity index (χ1v) is 8.16. The normalized spacial score (nSPS) is 28.4. The van der Waals surface area contributed by atoms with E-state index in [2.05, 4.69) is 0 Å². The summed E-state index contributed by atoms with van der Waals surface area (Å²) < 4.78 is 0. The van der Waals surface area contributed by atoms with Crippen molar-refractivity contribution >= 4 is 11.9 Å². The van der Waals surface area contributed by atoms with Crippen LogP contribution in [0.3, 0.4) is 0 Å². The molecule has 25 heavy (non-hydrogen) atoms. The van der Waals surface area contributed by atoms with E-state index in [1.54, 1.807) is 60.7 Å². The molecular weight excluding hydrogens is 316 g/mol. The maximum Gasteiger partial charge on any atom is 0.0489 e. The van der Waals surface area contributed by atoms with Crippen LogP contribution in [0, 0.1) is 11.3 Å². The second-order valence-electron chi connectivity index (χ2n) is 6.58. The molecule has 4 nitrogen and oxygen atoms in total. The molecule has 0 saturated heterocycles. The predicted octanol–water partition coefficient (Wildman–Crippen LogP) is 1.25. The second kappa shape index (κ2) is 6.55. The highest BCUT2D eigenvalue weighted by Gasteiger charge is 2.48. The highest BCUT2D eigenvalue weighted by molar-refractivity contribution is 5.84. The third kappa shape index (κ3) is 2.84. The van der Waals surface area contributed by atoms with Crippen molar-refractivity contribution in [2.24, 2.45) is 11.3 Å². The summed E-state index contributed by atoms with van der Waals surface area (Å²) in [6.07, 6.45) is 3.56. The lowest BCUT2D eigenvalue weighted by Crippen LogP contribution is -2.56.